The maximum Gasteiger partial charge on any atom is 0.228 e. The van der Waals surface area contributed by atoms with Gasteiger partial charge >= 0.3 is 0 Å². The number of amides is 1. The second kappa shape index (κ2) is 5.98. The number of benzene rings is 1. The summed E-state index contributed by atoms with van der Waals surface area (Å²) in [4.78, 5) is 12.1. The molecule has 98 valence electrons. The zero-order valence-corrected chi connectivity index (χ0v) is 10.6. The van der Waals surface area contributed by atoms with Crippen molar-refractivity contribution >= 4 is 5.91 Å². The van der Waals surface area contributed by atoms with E-state index in [0.29, 0.717) is 13.0 Å². The molecular formula is C14H19NO3. The Balaban J connectivity index is 1.93. The molecule has 0 bridgehead atoms. The predicted molar refractivity (Wildman–Crippen MR) is 68.4 cm³/mol. The number of methoxy groups -OCH3 is 1. The van der Waals surface area contributed by atoms with Crippen molar-refractivity contribution in [3.8, 4) is 0 Å². The standard InChI is InChI=1S/C14H19NO3/c1-18-9-11(6-7-16)15-14(17)13-8-10-4-2-3-5-12(10)13/h2-5,11,13,16H,6-9H2,1H3,(H,15,17). The van der Waals surface area contributed by atoms with E-state index in [2.05, 4.69) is 11.4 Å². The minimum Gasteiger partial charge on any atom is -0.396 e. The van der Waals surface area contributed by atoms with Gasteiger partial charge in [-0.15, -0.1) is 0 Å². The molecule has 2 rings (SSSR count). The molecule has 0 aliphatic heterocycles. The Bertz CT molecular complexity index is 413. The van der Waals surface area contributed by atoms with E-state index in [1.807, 2.05) is 18.2 Å². The SMILES string of the molecule is COCC(CCO)NC(=O)C1Cc2ccccc21. The Morgan fingerprint density at radius 1 is 1.56 bits per heavy atom. The first-order valence-electron chi connectivity index (χ1n) is 6.24. The number of ether oxygens (including phenoxy) is 1. The quantitative estimate of drug-likeness (QED) is 0.785. The van der Waals surface area contributed by atoms with Crippen LogP contribution in [0.15, 0.2) is 24.3 Å². The Labute approximate surface area is 107 Å². The molecule has 0 heterocycles. The molecule has 2 atom stereocenters. The molecule has 1 aliphatic rings. The van der Waals surface area contributed by atoms with Crippen molar-refractivity contribution in [2.45, 2.75) is 24.8 Å². The van der Waals surface area contributed by atoms with Crippen molar-refractivity contribution < 1.29 is 14.6 Å². The Morgan fingerprint density at radius 3 is 3.00 bits per heavy atom. The van der Waals surface area contributed by atoms with Gasteiger partial charge in [-0.25, -0.2) is 0 Å². The molecule has 0 radical (unpaired) electrons. The largest absolute Gasteiger partial charge is 0.396 e. The van der Waals surface area contributed by atoms with Crippen molar-refractivity contribution in [2.24, 2.45) is 0 Å². The minimum atomic E-state index is -0.111. The molecule has 1 aromatic carbocycles. The maximum atomic E-state index is 12.1. The van der Waals surface area contributed by atoms with Gasteiger partial charge in [0.15, 0.2) is 0 Å². The van der Waals surface area contributed by atoms with E-state index in [4.69, 9.17) is 9.84 Å². The second-order valence-corrected chi connectivity index (χ2v) is 4.63. The predicted octanol–water partition coefficient (Wildman–Crippen LogP) is 0.840. The lowest BCUT2D eigenvalue weighted by Crippen LogP contribution is -2.43. The number of aliphatic hydroxyl groups is 1. The van der Waals surface area contributed by atoms with Crippen LogP contribution in [-0.2, 0) is 16.0 Å². The summed E-state index contributed by atoms with van der Waals surface area (Å²) in [7, 11) is 1.59. The molecule has 4 nitrogen and oxygen atoms in total. The molecule has 4 heteroatoms. The average molecular weight is 249 g/mol. The van der Waals surface area contributed by atoms with Crippen LogP contribution < -0.4 is 5.32 Å². The van der Waals surface area contributed by atoms with E-state index in [0.717, 1.165) is 12.0 Å². The molecule has 0 spiro atoms. The molecule has 2 unspecified atom stereocenters. The van der Waals surface area contributed by atoms with E-state index in [1.165, 1.54) is 5.56 Å². The molecule has 1 aromatic rings. The lowest BCUT2D eigenvalue weighted by Gasteiger charge is -2.30. The number of nitrogens with one attached hydrogen (secondary N) is 1. The molecule has 0 saturated heterocycles. The van der Waals surface area contributed by atoms with Crippen LogP contribution in [0.2, 0.25) is 0 Å². The highest BCUT2D eigenvalue weighted by Crippen LogP contribution is 2.34. The van der Waals surface area contributed by atoms with E-state index >= 15 is 0 Å². The zero-order valence-electron chi connectivity index (χ0n) is 10.6. The van der Waals surface area contributed by atoms with Crippen molar-refractivity contribution in [3.63, 3.8) is 0 Å². The third kappa shape index (κ3) is 2.71. The van der Waals surface area contributed by atoms with Gasteiger partial charge in [0.05, 0.1) is 18.6 Å². The smallest absolute Gasteiger partial charge is 0.228 e. The summed E-state index contributed by atoms with van der Waals surface area (Å²) >= 11 is 0. The summed E-state index contributed by atoms with van der Waals surface area (Å²) in [5, 5.41) is 11.9. The first-order valence-corrected chi connectivity index (χ1v) is 6.24. The van der Waals surface area contributed by atoms with Crippen molar-refractivity contribution in [3.05, 3.63) is 35.4 Å². The van der Waals surface area contributed by atoms with Crippen LogP contribution in [0.5, 0.6) is 0 Å². The van der Waals surface area contributed by atoms with Gasteiger partial charge in [-0.1, -0.05) is 24.3 Å². The topological polar surface area (TPSA) is 58.6 Å². The molecule has 0 aromatic heterocycles. The summed E-state index contributed by atoms with van der Waals surface area (Å²) < 4.78 is 5.03. The molecule has 2 N–H and O–H groups in total. The monoisotopic (exact) mass is 249 g/mol. The Kier molecular flexibility index (Phi) is 4.33. The van der Waals surface area contributed by atoms with Crippen molar-refractivity contribution in [2.75, 3.05) is 20.3 Å². The van der Waals surface area contributed by atoms with Crippen molar-refractivity contribution in [1.82, 2.24) is 5.32 Å². The van der Waals surface area contributed by atoms with Gasteiger partial charge in [-0.05, 0) is 24.0 Å². The van der Waals surface area contributed by atoms with Crippen LogP contribution in [0, 0.1) is 0 Å². The number of hydrogen-bond donors (Lipinski definition) is 2. The summed E-state index contributed by atoms with van der Waals surface area (Å²) in [5.74, 6) is -0.0107. The zero-order chi connectivity index (χ0) is 13.0. The van der Waals surface area contributed by atoms with Gasteiger partial charge in [-0.3, -0.25) is 4.79 Å². The van der Waals surface area contributed by atoms with Gasteiger partial charge in [0.25, 0.3) is 0 Å². The summed E-state index contributed by atoms with van der Waals surface area (Å²) in [6, 6.07) is 7.89. The molecule has 1 amide bonds. The maximum absolute atomic E-state index is 12.1. The van der Waals surface area contributed by atoms with Gasteiger partial charge in [0, 0.05) is 13.7 Å². The first kappa shape index (κ1) is 13.1. The molecule has 18 heavy (non-hydrogen) atoms. The summed E-state index contributed by atoms with van der Waals surface area (Å²) in [6.45, 7) is 0.482. The van der Waals surface area contributed by atoms with E-state index < -0.39 is 0 Å². The number of hydrogen-bond acceptors (Lipinski definition) is 3. The fraction of sp³-hybridized carbons (Fsp3) is 0.500. The fourth-order valence-corrected chi connectivity index (χ4v) is 2.35. The summed E-state index contributed by atoms with van der Waals surface area (Å²) in [5.41, 5.74) is 2.37. The number of carbonyl (C=O) groups is 1. The third-order valence-electron chi connectivity index (χ3n) is 3.36. The molecule has 0 fully saturated rings. The fourth-order valence-electron chi connectivity index (χ4n) is 2.35. The second-order valence-electron chi connectivity index (χ2n) is 4.63. The normalized spacial score (nSPS) is 18.7. The van der Waals surface area contributed by atoms with Crippen molar-refractivity contribution in [1.29, 1.82) is 0 Å². The number of fused-ring (bicyclic) bond motifs is 1. The van der Waals surface area contributed by atoms with Crippen LogP contribution in [0.4, 0.5) is 0 Å². The number of aliphatic hydroxyl groups excluding tert-OH is 1. The molecule has 0 saturated carbocycles. The van der Waals surface area contributed by atoms with E-state index in [9.17, 15) is 4.79 Å². The third-order valence-corrected chi connectivity index (χ3v) is 3.36. The van der Waals surface area contributed by atoms with Crippen LogP contribution in [0.1, 0.15) is 23.5 Å². The Morgan fingerprint density at radius 2 is 2.33 bits per heavy atom. The van der Waals surface area contributed by atoms with Crippen LogP contribution in [0.25, 0.3) is 0 Å². The number of carbonyl (C=O) groups excluding carboxylic acids is 1. The number of rotatable bonds is 6. The van der Waals surface area contributed by atoms with Gasteiger partial charge in [-0.2, -0.15) is 0 Å². The minimum absolute atomic E-state index is 0.0317. The highest BCUT2D eigenvalue weighted by Gasteiger charge is 2.32. The van der Waals surface area contributed by atoms with Gasteiger partial charge in [0.2, 0.25) is 5.91 Å². The van der Waals surface area contributed by atoms with Gasteiger partial charge in [0.1, 0.15) is 0 Å². The van der Waals surface area contributed by atoms with Crippen LogP contribution >= 0.6 is 0 Å². The highest BCUT2D eigenvalue weighted by atomic mass is 16.5. The van der Waals surface area contributed by atoms with E-state index in [-0.39, 0.29) is 24.5 Å². The Hall–Kier alpha value is -1.39. The summed E-state index contributed by atoms with van der Waals surface area (Å²) in [6.07, 6.45) is 1.33. The molecule has 1 aliphatic carbocycles. The average Bonchev–Trinajstić information content (AvgIpc) is 2.31. The molecular weight excluding hydrogens is 230 g/mol. The first-order chi connectivity index (χ1) is 8.76. The highest BCUT2D eigenvalue weighted by molar-refractivity contribution is 5.87. The lowest BCUT2D eigenvalue weighted by molar-refractivity contribution is -0.124. The van der Waals surface area contributed by atoms with Crippen LogP contribution in [-0.4, -0.2) is 37.4 Å². The van der Waals surface area contributed by atoms with E-state index in [1.54, 1.807) is 7.11 Å². The van der Waals surface area contributed by atoms with Crippen LogP contribution in [0.3, 0.4) is 0 Å². The lowest BCUT2D eigenvalue weighted by atomic mass is 9.77. The van der Waals surface area contributed by atoms with Gasteiger partial charge < -0.3 is 15.2 Å².